The molecule has 548 valence electrons. The van der Waals surface area contributed by atoms with E-state index in [-0.39, 0.29) is 42.3 Å². The maximum Gasteiger partial charge on any atom is 0.329 e. The van der Waals surface area contributed by atoms with E-state index < -0.39 is 215 Å². The maximum atomic E-state index is 15.6. The van der Waals surface area contributed by atoms with Crippen molar-refractivity contribution in [1.82, 2.24) is 16.0 Å². The van der Waals surface area contributed by atoms with Gasteiger partial charge >= 0.3 is 35.8 Å². The second-order valence-corrected chi connectivity index (χ2v) is 33.2. The second kappa shape index (κ2) is 28.7. The van der Waals surface area contributed by atoms with Crippen LogP contribution in [0.5, 0.6) is 0 Å². The Morgan fingerprint density at radius 2 is 0.990 bits per heavy atom. The SMILES string of the molecule is CC(C)(C)OC(=O)C(CCC(=O)O)NC(=O)C1OC(OC2C(OC3CCC4(C)C(CCC5(C)C4C(=O)C=C4C6CC(C)(C(=O)NC(CCC(=O)O)C(=O)OC(C)(C)C)CCC6(C)CCC45C)C3(C)C)OC(C(=O)NC(CCC(=O)O)C(=O)OC(C)(C)C)C(O)C2O)C(O)C(O)C1O. The minimum Gasteiger partial charge on any atom is -0.481 e. The van der Waals surface area contributed by atoms with Crippen LogP contribution in [-0.4, -0.2) is 203 Å². The van der Waals surface area contributed by atoms with Crippen LogP contribution >= 0.6 is 0 Å². The molecule has 11 N–H and O–H groups in total. The molecule has 0 aromatic carbocycles. The van der Waals surface area contributed by atoms with E-state index in [9.17, 15) is 84.0 Å². The minimum atomic E-state index is -2.28. The summed E-state index contributed by atoms with van der Waals surface area (Å²) in [6, 6.07) is -4.47. The normalized spacial score (nSPS) is 37.3. The summed E-state index contributed by atoms with van der Waals surface area (Å²) in [7, 11) is 0. The third-order valence-corrected chi connectivity index (χ3v) is 22.2. The van der Waals surface area contributed by atoms with Gasteiger partial charge in [0.05, 0.1) is 6.10 Å². The zero-order chi connectivity index (χ0) is 73.1. The molecular formula is C69H107N3O25. The fourth-order valence-electron chi connectivity index (χ4n) is 16.9. The Balaban J connectivity index is 1.20. The van der Waals surface area contributed by atoms with Crippen LogP contribution in [0.25, 0.3) is 0 Å². The largest absolute Gasteiger partial charge is 0.481 e. The van der Waals surface area contributed by atoms with Crippen LogP contribution in [0, 0.1) is 50.2 Å². The average molecular weight is 1380 g/mol. The number of rotatable bonds is 22. The number of carbonyl (C=O) groups excluding carboxylic acids is 7. The van der Waals surface area contributed by atoms with Gasteiger partial charge in [-0.05, 0) is 184 Å². The number of allylic oxidation sites excluding steroid dienone is 2. The van der Waals surface area contributed by atoms with Gasteiger partial charge in [-0.15, -0.1) is 0 Å². The molecular weight excluding hydrogens is 1270 g/mol. The van der Waals surface area contributed by atoms with Crippen LogP contribution in [-0.2, 0) is 81.1 Å². The molecule has 7 rings (SSSR count). The van der Waals surface area contributed by atoms with Crippen molar-refractivity contribution in [3.8, 4) is 0 Å². The van der Waals surface area contributed by atoms with E-state index in [2.05, 4.69) is 43.6 Å². The molecule has 4 saturated carbocycles. The Labute approximate surface area is 566 Å². The minimum absolute atomic E-state index is 0.0639. The Morgan fingerprint density at radius 1 is 0.546 bits per heavy atom. The Hall–Kier alpha value is -5.72. The number of ketones is 1. The Morgan fingerprint density at radius 3 is 1.45 bits per heavy atom. The number of nitrogens with one attached hydrogen (secondary N) is 3. The summed E-state index contributed by atoms with van der Waals surface area (Å²) in [6.07, 6.45) is -18.8. The third-order valence-electron chi connectivity index (χ3n) is 22.2. The zero-order valence-electron chi connectivity index (χ0n) is 59.0. The van der Waals surface area contributed by atoms with Crippen molar-refractivity contribution >= 4 is 59.3 Å². The van der Waals surface area contributed by atoms with E-state index >= 15 is 4.79 Å². The first-order valence-corrected chi connectivity index (χ1v) is 34.0. The summed E-state index contributed by atoms with van der Waals surface area (Å²) in [5.41, 5.74) is -6.25. The number of fused-ring (bicyclic) bond motifs is 7. The molecule has 0 spiro atoms. The van der Waals surface area contributed by atoms with Gasteiger partial charge in [-0.1, -0.05) is 54.0 Å². The highest BCUT2D eigenvalue weighted by Gasteiger charge is 2.71. The number of carbonyl (C=O) groups is 10. The van der Waals surface area contributed by atoms with Gasteiger partial charge in [0.1, 0.15) is 71.6 Å². The van der Waals surface area contributed by atoms with E-state index in [4.69, 9.17) is 33.2 Å². The first kappa shape index (κ1) is 78.6. The van der Waals surface area contributed by atoms with Gasteiger partial charge in [-0.25, -0.2) is 14.4 Å². The molecule has 28 heteroatoms. The monoisotopic (exact) mass is 1380 g/mol. The molecule has 2 saturated heterocycles. The lowest BCUT2D eigenvalue weighted by Crippen LogP contribution is -2.69. The topological polar surface area (TPSA) is 433 Å². The van der Waals surface area contributed by atoms with E-state index in [0.29, 0.717) is 38.5 Å². The standard InChI is InChI=1S/C69H107N3O25/c1-61(2,3)95-55(87)35(17-20-41(74)75)70-53(85)49-45(81)44(80)48(84)58(92-49)94-51-47(83)46(82)50(54(86)71-36(18-21-42(76)77)56(88)96-62(4,5)6)93-59(51)91-40-24-25-67(14)39(64(40,10)11)23-26-69(16)52(67)38(73)31-33-34-32-66(13,28-27-65(34,12)29-30-68(33,69)15)60(90)72-37(19-22-43(78)79)57(89)97-63(7,8)9/h31,34-37,39-40,44-52,58-59,80-84H,17-30,32H2,1-16H3,(H,70,85)(H,71,86)(H,72,90)(H,74,75)(H,76,77)(H,78,79). The summed E-state index contributed by atoms with van der Waals surface area (Å²) in [6.45, 7) is 28.8. The van der Waals surface area contributed by atoms with Gasteiger partial charge in [0.15, 0.2) is 30.6 Å². The van der Waals surface area contributed by atoms with Crippen molar-refractivity contribution in [2.45, 2.75) is 310 Å². The Kier molecular flexibility index (Phi) is 23.3. The molecule has 0 radical (unpaired) electrons. The van der Waals surface area contributed by atoms with E-state index in [0.717, 1.165) is 18.4 Å². The summed E-state index contributed by atoms with van der Waals surface area (Å²) < 4.78 is 41.8. The van der Waals surface area contributed by atoms with Gasteiger partial charge in [-0.2, -0.15) is 0 Å². The molecule has 0 bridgehead atoms. The lowest BCUT2D eigenvalue weighted by atomic mass is 9.33. The molecule has 2 heterocycles. The van der Waals surface area contributed by atoms with Crippen LogP contribution in [0.15, 0.2) is 11.6 Å². The molecule has 97 heavy (non-hydrogen) atoms. The highest BCUT2D eigenvalue weighted by Crippen LogP contribution is 2.75. The quantitative estimate of drug-likeness (QED) is 0.0413. The van der Waals surface area contributed by atoms with Crippen molar-refractivity contribution in [2.24, 2.45) is 50.2 Å². The van der Waals surface area contributed by atoms with E-state index in [1.165, 1.54) is 20.8 Å². The summed E-state index contributed by atoms with van der Waals surface area (Å²) in [5, 5.41) is 94.3. The summed E-state index contributed by atoms with van der Waals surface area (Å²) >= 11 is 0. The molecule has 3 amide bonds. The lowest BCUT2D eigenvalue weighted by Gasteiger charge is -2.70. The van der Waals surface area contributed by atoms with Gasteiger partial charge < -0.3 is 90.0 Å². The zero-order valence-corrected chi connectivity index (χ0v) is 59.0. The molecule has 5 aliphatic carbocycles. The number of ether oxygens (including phenoxy) is 7. The van der Waals surface area contributed by atoms with Gasteiger partial charge in [0, 0.05) is 30.6 Å². The fraction of sp³-hybridized carbons (Fsp3) is 0.826. The van der Waals surface area contributed by atoms with Gasteiger partial charge in [0.25, 0.3) is 11.8 Å². The second-order valence-electron chi connectivity index (χ2n) is 33.2. The predicted molar refractivity (Wildman–Crippen MR) is 340 cm³/mol. The number of aliphatic carboxylic acids is 3. The van der Waals surface area contributed by atoms with Crippen LogP contribution in [0.4, 0.5) is 0 Å². The molecule has 28 nitrogen and oxygen atoms in total. The molecule has 2 aliphatic heterocycles. The number of esters is 3. The molecule has 7 aliphatic rings. The first-order chi connectivity index (χ1) is 44.4. The van der Waals surface area contributed by atoms with Crippen molar-refractivity contribution < 1.29 is 122 Å². The average Bonchev–Trinajstić information content (AvgIpc) is 0.674. The number of carboxylic acid groups (broad SMARTS) is 3. The Bertz CT molecular complexity index is 3040. The molecule has 0 aromatic heterocycles. The van der Waals surface area contributed by atoms with Gasteiger partial charge in [-0.3, -0.25) is 33.6 Å². The van der Waals surface area contributed by atoms with Crippen molar-refractivity contribution in [1.29, 1.82) is 0 Å². The number of hydrogen-bond acceptors (Lipinski definition) is 22. The van der Waals surface area contributed by atoms with E-state index in [1.807, 2.05) is 26.8 Å². The van der Waals surface area contributed by atoms with Crippen LogP contribution in [0.2, 0.25) is 0 Å². The predicted octanol–water partition coefficient (Wildman–Crippen LogP) is 4.07. The fourth-order valence-corrected chi connectivity index (χ4v) is 16.9. The smallest absolute Gasteiger partial charge is 0.329 e. The number of aliphatic hydroxyl groups is 5. The number of carboxylic acids is 3. The van der Waals surface area contributed by atoms with Crippen molar-refractivity contribution in [3.05, 3.63) is 11.6 Å². The molecule has 22 atom stereocenters. The van der Waals surface area contributed by atoms with Crippen molar-refractivity contribution in [2.75, 3.05) is 0 Å². The maximum absolute atomic E-state index is 15.6. The highest BCUT2D eigenvalue weighted by atomic mass is 16.8. The molecule has 6 fully saturated rings. The highest BCUT2D eigenvalue weighted by molar-refractivity contribution is 5.96. The number of hydrogen-bond donors (Lipinski definition) is 11. The van der Waals surface area contributed by atoms with Crippen LogP contribution < -0.4 is 16.0 Å². The third kappa shape index (κ3) is 16.9. The summed E-state index contributed by atoms with van der Waals surface area (Å²) in [5.74, 6) is -10.6. The van der Waals surface area contributed by atoms with Crippen molar-refractivity contribution in [3.63, 3.8) is 0 Å². The molecule has 22 unspecified atom stereocenters. The van der Waals surface area contributed by atoms with E-state index in [1.54, 1.807) is 41.5 Å². The number of amides is 3. The van der Waals surface area contributed by atoms with Gasteiger partial charge in [0.2, 0.25) is 5.91 Å². The first-order valence-electron chi connectivity index (χ1n) is 34.0. The van der Waals surface area contributed by atoms with Crippen LogP contribution in [0.3, 0.4) is 0 Å². The summed E-state index contributed by atoms with van der Waals surface area (Å²) in [4.78, 5) is 134. The molecule has 0 aromatic rings. The van der Waals surface area contributed by atoms with Crippen LogP contribution in [0.1, 0.15) is 207 Å². The number of aliphatic hydroxyl groups excluding tert-OH is 5. The lowest BCUT2D eigenvalue weighted by molar-refractivity contribution is -0.369.